The van der Waals surface area contributed by atoms with Crippen molar-refractivity contribution in [2.75, 3.05) is 0 Å². The maximum absolute atomic E-state index is 7.48. The smallest absolute Gasteiger partial charge is 0.187 e. The van der Waals surface area contributed by atoms with Crippen molar-refractivity contribution in [1.82, 2.24) is 4.57 Å². The van der Waals surface area contributed by atoms with E-state index in [1.807, 2.05) is 23.9 Å². The summed E-state index contributed by atoms with van der Waals surface area (Å²) in [6.07, 6.45) is 0. The highest BCUT2D eigenvalue weighted by Crippen LogP contribution is 2.41. The van der Waals surface area contributed by atoms with Gasteiger partial charge in [-0.05, 0) is 91.4 Å². The highest BCUT2D eigenvalue weighted by molar-refractivity contribution is 8.00. The van der Waals surface area contributed by atoms with Crippen LogP contribution >= 0.6 is 11.8 Å². The molecule has 2 nitrogen and oxygen atoms in total. The van der Waals surface area contributed by atoms with Gasteiger partial charge in [-0.1, -0.05) is 199 Å². The van der Waals surface area contributed by atoms with Crippen LogP contribution in [0.15, 0.2) is 222 Å². The standard InChI is InChI=1S/C56H38N2SSi/c1-38-12-10-15-42(36-38)43-26-35-54-53(37-43)59-56-48(41-13-4-3-5-14-41)18-11-21-55(56)60(54,46-31-24-40(25-32-46)39-22-27-44(57-2)28-23-39)47-33-29-45(30-34-47)58-51-19-8-6-16-49(51)50-17-7-9-20-52(50)58/h3-37H,1H3. The number of hydrogen-bond donors (Lipinski definition) is 0. The van der Waals surface area contributed by atoms with Crippen LogP contribution in [0.2, 0.25) is 0 Å². The fourth-order valence-electron chi connectivity index (χ4n) is 9.45. The predicted octanol–water partition coefficient (Wildman–Crippen LogP) is 12.5. The lowest BCUT2D eigenvalue weighted by Crippen LogP contribution is -2.76. The Hall–Kier alpha value is -7.16. The molecule has 1 aromatic heterocycles. The molecule has 0 bridgehead atoms. The van der Waals surface area contributed by atoms with Crippen LogP contribution in [-0.2, 0) is 0 Å². The van der Waals surface area contributed by atoms with E-state index in [1.165, 1.54) is 80.2 Å². The molecule has 60 heavy (non-hydrogen) atoms. The van der Waals surface area contributed by atoms with Gasteiger partial charge in [0, 0.05) is 26.3 Å². The maximum Gasteiger partial charge on any atom is 0.187 e. The molecule has 0 aliphatic carbocycles. The molecule has 282 valence electrons. The number of nitrogens with zero attached hydrogens (tertiary/aromatic N) is 2. The minimum absolute atomic E-state index is 0.651. The Balaban J connectivity index is 1.18. The predicted molar refractivity (Wildman–Crippen MR) is 256 cm³/mol. The molecule has 11 rings (SSSR count). The van der Waals surface area contributed by atoms with E-state index in [-0.39, 0.29) is 0 Å². The third-order valence-electron chi connectivity index (χ3n) is 12.2. The highest BCUT2D eigenvalue weighted by atomic mass is 32.2. The van der Waals surface area contributed by atoms with Gasteiger partial charge < -0.3 is 4.57 Å². The van der Waals surface area contributed by atoms with E-state index < -0.39 is 8.07 Å². The normalized spacial score (nSPS) is 14.4. The molecule has 2 heterocycles. The van der Waals surface area contributed by atoms with Gasteiger partial charge in [0.1, 0.15) is 0 Å². The maximum atomic E-state index is 7.48. The quantitative estimate of drug-likeness (QED) is 0.120. The van der Waals surface area contributed by atoms with E-state index in [1.54, 1.807) is 0 Å². The molecule has 0 amide bonds. The average molecular weight is 799 g/mol. The van der Waals surface area contributed by atoms with Crippen LogP contribution in [-0.4, -0.2) is 12.6 Å². The van der Waals surface area contributed by atoms with Gasteiger partial charge in [0.25, 0.3) is 0 Å². The van der Waals surface area contributed by atoms with Gasteiger partial charge in [-0.3, -0.25) is 0 Å². The Morgan fingerprint density at radius 1 is 0.467 bits per heavy atom. The molecule has 0 saturated carbocycles. The minimum Gasteiger partial charge on any atom is -0.309 e. The van der Waals surface area contributed by atoms with E-state index in [0.717, 1.165) is 16.8 Å². The Morgan fingerprint density at radius 2 is 1.03 bits per heavy atom. The van der Waals surface area contributed by atoms with Gasteiger partial charge in [0.2, 0.25) is 0 Å². The number of rotatable bonds is 6. The van der Waals surface area contributed by atoms with Crippen molar-refractivity contribution in [3.05, 3.63) is 229 Å². The van der Waals surface area contributed by atoms with Crippen molar-refractivity contribution >= 4 is 68.1 Å². The number of aromatic nitrogens is 1. The van der Waals surface area contributed by atoms with Crippen molar-refractivity contribution in [2.45, 2.75) is 16.7 Å². The molecule has 1 aliphatic heterocycles. The van der Waals surface area contributed by atoms with E-state index in [0.29, 0.717) is 5.69 Å². The first-order valence-electron chi connectivity index (χ1n) is 20.4. The summed E-state index contributed by atoms with van der Waals surface area (Å²) < 4.78 is 2.41. The Kier molecular flexibility index (Phi) is 8.74. The zero-order valence-electron chi connectivity index (χ0n) is 33.0. The van der Waals surface area contributed by atoms with Gasteiger partial charge in [-0.2, -0.15) is 0 Å². The van der Waals surface area contributed by atoms with Crippen molar-refractivity contribution in [2.24, 2.45) is 0 Å². The van der Waals surface area contributed by atoms with Crippen molar-refractivity contribution < 1.29 is 0 Å². The second kappa shape index (κ2) is 14.6. The molecule has 0 radical (unpaired) electrons. The molecule has 1 aliphatic rings. The van der Waals surface area contributed by atoms with Gasteiger partial charge in [-0.15, -0.1) is 0 Å². The molecule has 0 fully saturated rings. The Bertz CT molecular complexity index is 3230. The Morgan fingerprint density at radius 3 is 1.70 bits per heavy atom. The first-order chi connectivity index (χ1) is 29.6. The lowest BCUT2D eigenvalue weighted by Gasteiger charge is -2.41. The van der Waals surface area contributed by atoms with Crippen LogP contribution in [0.5, 0.6) is 0 Å². The lowest BCUT2D eigenvalue weighted by molar-refractivity contribution is 1.18. The van der Waals surface area contributed by atoms with Crippen molar-refractivity contribution in [3.8, 4) is 39.1 Å². The number of fused-ring (bicyclic) bond motifs is 5. The molecule has 0 saturated heterocycles. The van der Waals surface area contributed by atoms with Crippen LogP contribution in [0.4, 0.5) is 5.69 Å². The molecule has 4 heteroatoms. The summed E-state index contributed by atoms with van der Waals surface area (Å²) in [5.74, 6) is 0. The fraction of sp³-hybridized carbons (Fsp3) is 0.0179. The summed E-state index contributed by atoms with van der Waals surface area (Å²) in [6, 6.07) is 78.3. The molecule has 1 unspecified atom stereocenters. The summed E-state index contributed by atoms with van der Waals surface area (Å²) in [5, 5.41) is 8.01. The van der Waals surface area contributed by atoms with Gasteiger partial charge in [-0.25, -0.2) is 4.85 Å². The summed E-state index contributed by atoms with van der Waals surface area (Å²) in [5.41, 5.74) is 12.7. The fourth-order valence-corrected chi connectivity index (χ4v) is 16.5. The van der Waals surface area contributed by atoms with Crippen LogP contribution in [0.25, 0.3) is 65.7 Å². The number of hydrogen-bond acceptors (Lipinski definition) is 1. The third kappa shape index (κ3) is 5.78. The first kappa shape index (κ1) is 36.0. The second-order valence-electron chi connectivity index (χ2n) is 15.6. The van der Waals surface area contributed by atoms with Crippen molar-refractivity contribution in [1.29, 1.82) is 0 Å². The van der Waals surface area contributed by atoms with Crippen molar-refractivity contribution in [3.63, 3.8) is 0 Å². The van der Waals surface area contributed by atoms with E-state index in [4.69, 9.17) is 6.57 Å². The lowest BCUT2D eigenvalue weighted by atomic mass is 10.0. The molecule has 0 spiro atoms. The monoisotopic (exact) mass is 798 g/mol. The van der Waals surface area contributed by atoms with Crippen LogP contribution in [0.1, 0.15) is 5.56 Å². The third-order valence-corrected chi connectivity index (χ3v) is 18.7. The minimum atomic E-state index is -3.00. The van der Waals surface area contributed by atoms with Gasteiger partial charge >= 0.3 is 0 Å². The highest BCUT2D eigenvalue weighted by Gasteiger charge is 2.47. The first-order valence-corrected chi connectivity index (χ1v) is 23.2. The van der Waals surface area contributed by atoms with Gasteiger partial charge in [0.15, 0.2) is 13.8 Å². The van der Waals surface area contributed by atoms with E-state index in [9.17, 15) is 0 Å². The van der Waals surface area contributed by atoms with Crippen LogP contribution < -0.4 is 20.7 Å². The van der Waals surface area contributed by atoms with Gasteiger partial charge in [0.05, 0.1) is 17.6 Å². The molecule has 0 N–H and O–H groups in total. The van der Waals surface area contributed by atoms with Crippen LogP contribution in [0, 0.1) is 13.5 Å². The SMILES string of the molecule is [C-]#[N+]c1ccc(-c2ccc([Si]3(c4ccc(-n5c6ccccc6c6ccccc65)cc4)c4ccc(-c5cccc(C)c5)cc4Sc4c(-c5ccccc5)cccc43)cc2)cc1. The summed E-state index contributed by atoms with van der Waals surface area (Å²) in [7, 11) is -3.00. The second-order valence-corrected chi connectivity index (χ2v) is 20.4. The molecule has 10 aromatic rings. The zero-order valence-corrected chi connectivity index (χ0v) is 34.8. The van der Waals surface area contributed by atoms with E-state index in [2.05, 4.69) is 217 Å². The molecule has 9 aromatic carbocycles. The molecular formula is C56H38N2SSi. The van der Waals surface area contributed by atoms with E-state index >= 15 is 0 Å². The molecule has 1 atom stereocenters. The number of para-hydroxylation sites is 2. The largest absolute Gasteiger partial charge is 0.309 e. The topological polar surface area (TPSA) is 9.29 Å². The number of aryl methyl sites for hydroxylation is 1. The van der Waals surface area contributed by atoms with Crippen LogP contribution in [0.3, 0.4) is 0 Å². The Labute approximate surface area is 355 Å². The summed E-state index contributed by atoms with van der Waals surface area (Å²) in [4.78, 5) is 6.26. The average Bonchev–Trinajstić information content (AvgIpc) is 3.65. The number of benzene rings is 9. The zero-order chi connectivity index (χ0) is 40.2. The molecular weight excluding hydrogens is 761 g/mol. The summed E-state index contributed by atoms with van der Waals surface area (Å²) in [6.45, 7) is 9.65. The summed E-state index contributed by atoms with van der Waals surface area (Å²) >= 11 is 1.92.